The van der Waals surface area contributed by atoms with Crippen LogP contribution in [0.4, 0.5) is 13.6 Å². The van der Waals surface area contributed by atoms with Gasteiger partial charge in [0.05, 0.1) is 0 Å². The first-order valence-electron chi connectivity index (χ1n) is 12.4. The largest absolute Gasteiger partial charge is 0.328 e. The Morgan fingerprint density at radius 2 is 1.70 bits per heavy atom. The lowest BCUT2D eigenvalue weighted by Crippen LogP contribution is -2.66. The fraction of sp³-hybridized carbons (Fsp3) is 0.792. The second-order valence-electron chi connectivity index (χ2n) is 10.2. The van der Waals surface area contributed by atoms with Crippen LogP contribution in [-0.2, 0) is 0 Å². The van der Waals surface area contributed by atoms with Crippen molar-refractivity contribution < 1.29 is 13.6 Å². The number of alkyl halides is 2. The van der Waals surface area contributed by atoms with Gasteiger partial charge in [-0.15, -0.1) is 0 Å². The molecule has 1 N–H and O–H groups in total. The van der Waals surface area contributed by atoms with Gasteiger partial charge in [0.15, 0.2) is 0 Å². The smallest absolute Gasteiger partial charge is 0.317 e. The third-order valence-corrected chi connectivity index (χ3v) is 7.63. The Bertz CT molecular complexity index is 789. The van der Waals surface area contributed by atoms with Gasteiger partial charge in [-0.05, 0) is 52.0 Å². The number of rotatable bonds is 4. The van der Waals surface area contributed by atoms with Gasteiger partial charge >= 0.3 is 6.03 Å². The molecule has 1 aliphatic carbocycles. The van der Waals surface area contributed by atoms with Gasteiger partial charge in [-0.2, -0.15) is 0 Å². The number of halogens is 2. The summed E-state index contributed by atoms with van der Waals surface area (Å²) in [6.07, 6.45) is 6.16. The summed E-state index contributed by atoms with van der Waals surface area (Å²) in [5, 5.41) is 2.77. The summed E-state index contributed by atoms with van der Waals surface area (Å²) in [4.78, 5) is 28.1. The van der Waals surface area contributed by atoms with Crippen LogP contribution in [0.15, 0.2) is 12.4 Å². The number of piperidine rings is 1. The van der Waals surface area contributed by atoms with Gasteiger partial charge in [0.2, 0.25) is 0 Å². The first-order valence-corrected chi connectivity index (χ1v) is 12.4. The SMILES string of the molecule is Cc1cnc(C2CCN(C(=O)N[C@@H]3[C@@H](N4CCN(C(C)C)CC4)CCCC3(F)F)CC2)nc1. The molecule has 2 amide bonds. The Hall–Kier alpha value is -1.87. The molecular formula is C24H38F2N6O. The molecule has 0 unspecified atom stereocenters. The molecule has 0 aromatic carbocycles. The van der Waals surface area contributed by atoms with Crippen molar-refractivity contribution in [3.63, 3.8) is 0 Å². The van der Waals surface area contributed by atoms with Crippen LogP contribution < -0.4 is 5.32 Å². The molecule has 2 aliphatic heterocycles. The summed E-state index contributed by atoms with van der Waals surface area (Å²) >= 11 is 0. The molecule has 3 aliphatic rings. The number of amides is 2. The van der Waals surface area contributed by atoms with E-state index in [1.165, 1.54) is 0 Å². The highest BCUT2D eigenvalue weighted by atomic mass is 19.3. The fourth-order valence-corrected chi connectivity index (χ4v) is 5.51. The van der Waals surface area contributed by atoms with Crippen molar-refractivity contribution in [3.8, 4) is 0 Å². The Morgan fingerprint density at radius 3 is 2.30 bits per heavy atom. The van der Waals surface area contributed by atoms with Gasteiger partial charge in [0.25, 0.3) is 5.92 Å². The summed E-state index contributed by atoms with van der Waals surface area (Å²) in [5.74, 6) is -1.88. The maximum Gasteiger partial charge on any atom is 0.317 e. The summed E-state index contributed by atoms with van der Waals surface area (Å²) in [7, 11) is 0. The molecule has 0 bridgehead atoms. The van der Waals surface area contributed by atoms with Crippen molar-refractivity contribution in [2.45, 2.75) is 82.8 Å². The first kappa shape index (κ1) is 24.3. The molecule has 1 aromatic rings. The van der Waals surface area contributed by atoms with Crippen molar-refractivity contribution in [1.82, 2.24) is 30.0 Å². The summed E-state index contributed by atoms with van der Waals surface area (Å²) in [6, 6.07) is -1.35. The molecule has 33 heavy (non-hydrogen) atoms. The number of piperazine rings is 1. The van der Waals surface area contributed by atoms with Crippen molar-refractivity contribution in [1.29, 1.82) is 0 Å². The van der Waals surface area contributed by atoms with Gasteiger partial charge < -0.3 is 10.2 Å². The molecule has 0 spiro atoms. The van der Waals surface area contributed by atoms with Gasteiger partial charge in [-0.3, -0.25) is 9.80 Å². The molecule has 0 radical (unpaired) electrons. The lowest BCUT2D eigenvalue weighted by atomic mass is 9.85. The van der Waals surface area contributed by atoms with E-state index in [1.807, 2.05) is 19.3 Å². The molecule has 2 saturated heterocycles. The van der Waals surface area contributed by atoms with E-state index in [0.29, 0.717) is 32.0 Å². The van der Waals surface area contributed by atoms with Crippen LogP contribution in [0.3, 0.4) is 0 Å². The summed E-state index contributed by atoms with van der Waals surface area (Å²) in [5.41, 5.74) is 1.02. The number of hydrogen-bond donors (Lipinski definition) is 1. The zero-order chi connectivity index (χ0) is 23.6. The number of nitrogens with zero attached hydrogens (tertiary/aromatic N) is 5. The van der Waals surface area contributed by atoms with E-state index in [-0.39, 0.29) is 24.4 Å². The minimum atomic E-state index is -2.89. The zero-order valence-corrected chi connectivity index (χ0v) is 20.1. The van der Waals surface area contributed by atoms with Crippen molar-refractivity contribution in [3.05, 3.63) is 23.8 Å². The number of likely N-dealkylation sites (tertiary alicyclic amines) is 1. The number of aryl methyl sites for hydroxylation is 1. The van der Waals surface area contributed by atoms with Crippen LogP contribution in [-0.4, -0.2) is 94.0 Å². The van der Waals surface area contributed by atoms with Crippen LogP contribution in [0.1, 0.15) is 63.3 Å². The van der Waals surface area contributed by atoms with Crippen LogP contribution in [0, 0.1) is 6.92 Å². The number of carbonyl (C=O) groups excluding carboxylic acids is 1. The standard InChI is InChI=1S/C24H38F2N6O/c1-17(2)30-11-13-31(14-12-30)20-5-4-8-24(25,26)21(20)29-23(33)32-9-6-19(7-10-32)22-27-15-18(3)16-28-22/h15-17,19-21H,4-14H2,1-3H3,(H,29,33)/t20-,21+/m0/s1. The molecule has 3 fully saturated rings. The van der Waals surface area contributed by atoms with E-state index >= 15 is 8.78 Å². The van der Waals surface area contributed by atoms with Gasteiger partial charge in [0, 0.05) is 76.1 Å². The molecule has 184 valence electrons. The van der Waals surface area contributed by atoms with Crippen LogP contribution in [0.25, 0.3) is 0 Å². The maximum absolute atomic E-state index is 15.0. The molecule has 1 saturated carbocycles. The molecule has 4 rings (SSSR count). The van der Waals surface area contributed by atoms with Gasteiger partial charge in [0.1, 0.15) is 11.9 Å². The van der Waals surface area contributed by atoms with E-state index in [2.05, 4.69) is 38.9 Å². The second-order valence-corrected chi connectivity index (χ2v) is 10.2. The Balaban J connectivity index is 1.36. The Morgan fingerprint density at radius 1 is 1.06 bits per heavy atom. The number of nitrogens with one attached hydrogen (secondary N) is 1. The van der Waals surface area contributed by atoms with Gasteiger partial charge in [-0.25, -0.2) is 23.5 Å². The van der Waals surface area contributed by atoms with E-state index in [0.717, 1.165) is 50.4 Å². The van der Waals surface area contributed by atoms with E-state index < -0.39 is 12.0 Å². The quantitative estimate of drug-likeness (QED) is 0.741. The molecule has 2 atom stereocenters. The second kappa shape index (κ2) is 10.2. The lowest BCUT2D eigenvalue weighted by Gasteiger charge is -2.47. The predicted octanol–water partition coefficient (Wildman–Crippen LogP) is 3.26. The first-order chi connectivity index (χ1) is 15.7. The summed E-state index contributed by atoms with van der Waals surface area (Å²) < 4.78 is 30.1. The topological polar surface area (TPSA) is 64.6 Å². The lowest BCUT2D eigenvalue weighted by molar-refractivity contribution is -0.0973. The third kappa shape index (κ3) is 5.62. The number of hydrogen-bond acceptors (Lipinski definition) is 5. The molecule has 1 aromatic heterocycles. The monoisotopic (exact) mass is 464 g/mol. The van der Waals surface area contributed by atoms with Gasteiger partial charge in [-0.1, -0.05) is 0 Å². The average molecular weight is 465 g/mol. The van der Waals surface area contributed by atoms with E-state index in [9.17, 15) is 4.79 Å². The molecule has 7 nitrogen and oxygen atoms in total. The normalized spacial score (nSPS) is 27.6. The number of aromatic nitrogens is 2. The highest BCUT2D eigenvalue weighted by molar-refractivity contribution is 5.75. The zero-order valence-electron chi connectivity index (χ0n) is 20.1. The predicted molar refractivity (Wildman–Crippen MR) is 124 cm³/mol. The van der Waals surface area contributed by atoms with Crippen LogP contribution in [0.5, 0.6) is 0 Å². The van der Waals surface area contributed by atoms with E-state index in [4.69, 9.17) is 0 Å². The number of carbonyl (C=O) groups is 1. The Labute approximate surface area is 195 Å². The van der Waals surface area contributed by atoms with Crippen LogP contribution >= 0.6 is 0 Å². The highest BCUT2D eigenvalue weighted by Crippen LogP contribution is 2.37. The third-order valence-electron chi connectivity index (χ3n) is 7.63. The average Bonchev–Trinajstić information content (AvgIpc) is 2.81. The van der Waals surface area contributed by atoms with Crippen molar-refractivity contribution >= 4 is 6.03 Å². The number of urea groups is 1. The van der Waals surface area contributed by atoms with E-state index in [1.54, 1.807) is 4.90 Å². The molecule has 9 heteroatoms. The minimum Gasteiger partial charge on any atom is -0.328 e. The van der Waals surface area contributed by atoms with Crippen LogP contribution in [0.2, 0.25) is 0 Å². The van der Waals surface area contributed by atoms with Crippen molar-refractivity contribution in [2.75, 3.05) is 39.3 Å². The highest BCUT2D eigenvalue weighted by Gasteiger charge is 2.50. The minimum absolute atomic E-state index is 0.159. The van der Waals surface area contributed by atoms with Crippen molar-refractivity contribution in [2.24, 2.45) is 0 Å². The maximum atomic E-state index is 15.0. The Kier molecular flexibility index (Phi) is 7.48. The molecule has 3 heterocycles. The summed E-state index contributed by atoms with van der Waals surface area (Å²) in [6.45, 7) is 10.7. The molecular weight excluding hydrogens is 426 g/mol. The fourth-order valence-electron chi connectivity index (χ4n) is 5.51.